The fraction of sp³-hybridized carbons (Fsp3) is 0.952. The van der Waals surface area contributed by atoms with Gasteiger partial charge in [0, 0.05) is 12.8 Å². The molecule has 0 saturated carbocycles. The molecular formula is C42H84NO8P. The number of ether oxygens (including phenoxy) is 2. The Morgan fingerprint density at radius 1 is 0.577 bits per heavy atom. The molecule has 0 heterocycles. The maximum absolute atomic E-state index is 12.7. The van der Waals surface area contributed by atoms with Crippen LogP contribution in [0.1, 0.15) is 195 Å². The van der Waals surface area contributed by atoms with Crippen LogP contribution in [-0.2, 0) is 32.7 Å². The first-order chi connectivity index (χ1) is 24.8. The molecular weight excluding hydrogens is 677 g/mol. The van der Waals surface area contributed by atoms with Crippen molar-refractivity contribution < 1.29 is 42.1 Å². The van der Waals surface area contributed by atoms with Gasteiger partial charge in [-0.25, -0.2) is 0 Å². The number of hydrogen-bond donors (Lipinski definition) is 0. The summed E-state index contributed by atoms with van der Waals surface area (Å²) >= 11 is 0. The fourth-order valence-electron chi connectivity index (χ4n) is 6.32. The lowest BCUT2D eigenvalue weighted by molar-refractivity contribution is -0.870. The Bertz CT molecular complexity index is 896. The number of phosphoric acid groups is 1. The molecule has 0 saturated heterocycles. The van der Waals surface area contributed by atoms with Crippen LogP contribution in [0.5, 0.6) is 0 Å². The van der Waals surface area contributed by atoms with Crippen molar-refractivity contribution in [2.75, 3.05) is 47.5 Å². The molecule has 0 aliphatic heterocycles. The van der Waals surface area contributed by atoms with Crippen LogP contribution >= 0.6 is 7.82 Å². The predicted octanol–water partition coefficient (Wildman–Crippen LogP) is 11.1. The quantitative estimate of drug-likeness (QED) is 0.0265. The van der Waals surface area contributed by atoms with Gasteiger partial charge in [-0.15, -0.1) is 0 Å². The molecule has 310 valence electrons. The second-order valence-corrected chi connectivity index (χ2v) is 18.0. The summed E-state index contributed by atoms with van der Waals surface area (Å²) < 4.78 is 33.9. The lowest BCUT2D eigenvalue weighted by Gasteiger charge is -2.28. The minimum Gasteiger partial charge on any atom is -0.756 e. The van der Waals surface area contributed by atoms with E-state index in [-0.39, 0.29) is 32.0 Å². The van der Waals surface area contributed by atoms with E-state index in [0.717, 1.165) is 50.4 Å². The van der Waals surface area contributed by atoms with Crippen LogP contribution in [-0.4, -0.2) is 70.0 Å². The normalized spacial score (nSPS) is 14.8. The first-order valence-corrected chi connectivity index (χ1v) is 23.0. The maximum Gasteiger partial charge on any atom is 0.306 e. The van der Waals surface area contributed by atoms with Crippen LogP contribution in [0.25, 0.3) is 0 Å². The zero-order valence-electron chi connectivity index (χ0n) is 35.1. The molecule has 0 bridgehead atoms. The van der Waals surface area contributed by atoms with Gasteiger partial charge in [-0.2, -0.15) is 0 Å². The molecule has 0 rings (SSSR count). The van der Waals surface area contributed by atoms with Crippen molar-refractivity contribution in [3.63, 3.8) is 0 Å². The third kappa shape index (κ3) is 36.0. The standard InChI is InChI=1S/C42H84NO8P/c1-8-10-12-14-16-22-28-38(3)30-24-18-20-26-32-41(44)48-36-40(37-50-52(46,47)49-35-34-43(5,6)7)51-42(45)33-27-21-19-25-31-39(4)29-23-17-15-13-11-9-2/h38-40H,8-37H2,1-7H3/t38?,39?,40-/m1/s1. The van der Waals surface area contributed by atoms with Gasteiger partial charge in [-0.05, 0) is 24.7 Å². The summed E-state index contributed by atoms with van der Waals surface area (Å²) in [5, 5.41) is 0. The van der Waals surface area contributed by atoms with E-state index in [1.54, 1.807) is 0 Å². The number of unbranched alkanes of at least 4 members (excludes halogenated alkanes) is 16. The first-order valence-electron chi connectivity index (χ1n) is 21.5. The van der Waals surface area contributed by atoms with Crippen LogP contribution in [0.15, 0.2) is 0 Å². The second kappa shape index (κ2) is 33.4. The van der Waals surface area contributed by atoms with Crippen molar-refractivity contribution in [3.8, 4) is 0 Å². The predicted molar refractivity (Wildman–Crippen MR) is 213 cm³/mol. The molecule has 0 aromatic rings. The second-order valence-electron chi connectivity index (χ2n) is 16.6. The lowest BCUT2D eigenvalue weighted by Crippen LogP contribution is -2.37. The van der Waals surface area contributed by atoms with Crippen LogP contribution < -0.4 is 4.89 Å². The summed E-state index contributed by atoms with van der Waals surface area (Å²) in [5.41, 5.74) is 0. The largest absolute Gasteiger partial charge is 0.756 e. The van der Waals surface area contributed by atoms with E-state index in [4.69, 9.17) is 18.5 Å². The van der Waals surface area contributed by atoms with Crippen LogP contribution in [0.2, 0.25) is 0 Å². The highest BCUT2D eigenvalue weighted by molar-refractivity contribution is 7.45. The SMILES string of the molecule is CCCCCCCCC(C)CCCCCCC(=O)OC[C@H](COP(=O)([O-])OCC[N+](C)(C)C)OC(=O)CCCCCCC(C)CCCCCCCC. The average molecular weight is 762 g/mol. The number of carbonyl (C=O) groups excluding carboxylic acids is 2. The van der Waals surface area contributed by atoms with Gasteiger partial charge in [-0.3, -0.25) is 14.2 Å². The van der Waals surface area contributed by atoms with E-state index in [2.05, 4.69) is 27.7 Å². The number of likely N-dealkylation sites (N-methyl/N-ethyl adjacent to an activating group) is 1. The van der Waals surface area contributed by atoms with Crippen molar-refractivity contribution in [2.45, 2.75) is 201 Å². The molecule has 0 N–H and O–H groups in total. The molecule has 0 aliphatic rings. The molecule has 0 aliphatic carbocycles. The van der Waals surface area contributed by atoms with E-state index >= 15 is 0 Å². The third-order valence-electron chi connectivity index (χ3n) is 9.91. The van der Waals surface area contributed by atoms with Crippen molar-refractivity contribution in [3.05, 3.63) is 0 Å². The van der Waals surface area contributed by atoms with Gasteiger partial charge in [0.25, 0.3) is 7.82 Å². The Hall–Kier alpha value is -0.990. The molecule has 4 atom stereocenters. The van der Waals surface area contributed by atoms with Gasteiger partial charge in [0.05, 0.1) is 27.7 Å². The summed E-state index contributed by atoms with van der Waals surface area (Å²) in [7, 11) is 1.17. The number of carbonyl (C=O) groups is 2. The Kier molecular flexibility index (Phi) is 32.7. The smallest absolute Gasteiger partial charge is 0.306 e. The van der Waals surface area contributed by atoms with Crippen molar-refractivity contribution in [2.24, 2.45) is 11.8 Å². The highest BCUT2D eigenvalue weighted by Crippen LogP contribution is 2.38. The number of hydrogen-bond acceptors (Lipinski definition) is 8. The highest BCUT2D eigenvalue weighted by atomic mass is 31.2. The third-order valence-corrected chi connectivity index (χ3v) is 10.9. The molecule has 0 fully saturated rings. The summed E-state index contributed by atoms with van der Waals surface area (Å²) in [6, 6.07) is 0. The van der Waals surface area contributed by atoms with Crippen molar-refractivity contribution in [1.82, 2.24) is 0 Å². The average Bonchev–Trinajstić information content (AvgIpc) is 3.07. The number of phosphoric ester groups is 1. The van der Waals surface area contributed by atoms with Gasteiger partial charge in [0.15, 0.2) is 6.10 Å². The highest BCUT2D eigenvalue weighted by Gasteiger charge is 2.22. The molecule has 0 radical (unpaired) electrons. The van der Waals surface area contributed by atoms with Gasteiger partial charge < -0.3 is 27.9 Å². The summed E-state index contributed by atoms with van der Waals surface area (Å²) in [6.07, 6.45) is 28.4. The summed E-state index contributed by atoms with van der Waals surface area (Å²) in [4.78, 5) is 37.6. The Morgan fingerprint density at radius 2 is 0.981 bits per heavy atom. The Morgan fingerprint density at radius 3 is 1.42 bits per heavy atom. The lowest BCUT2D eigenvalue weighted by atomic mass is 9.96. The number of esters is 2. The van der Waals surface area contributed by atoms with E-state index in [0.29, 0.717) is 17.4 Å². The maximum atomic E-state index is 12.7. The molecule has 0 aromatic heterocycles. The summed E-state index contributed by atoms with van der Waals surface area (Å²) in [6.45, 7) is 8.92. The van der Waals surface area contributed by atoms with E-state index in [9.17, 15) is 19.0 Å². The molecule has 0 aromatic carbocycles. The fourth-order valence-corrected chi connectivity index (χ4v) is 7.05. The van der Waals surface area contributed by atoms with Crippen LogP contribution in [0.3, 0.4) is 0 Å². The van der Waals surface area contributed by atoms with E-state index in [1.807, 2.05) is 21.1 Å². The molecule has 10 heteroatoms. The summed E-state index contributed by atoms with van der Waals surface area (Å²) in [5.74, 6) is 0.659. The van der Waals surface area contributed by atoms with Crippen LogP contribution in [0, 0.1) is 11.8 Å². The Labute approximate surface area is 321 Å². The molecule has 52 heavy (non-hydrogen) atoms. The van der Waals surface area contributed by atoms with E-state index < -0.39 is 26.5 Å². The number of quaternary nitrogens is 1. The first kappa shape index (κ1) is 51.0. The molecule has 0 amide bonds. The van der Waals surface area contributed by atoms with Gasteiger partial charge in [0.2, 0.25) is 0 Å². The zero-order valence-corrected chi connectivity index (χ0v) is 36.0. The molecule has 3 unspecified atom stereocenters. The molecule has 0 spiro atoms. The van der Waals surface area contributed by atoms with Gasteiger partial charge in [-0.1, -0.05) is 169 Å². The van der Waals surface area contributed by atoms with Crippen molar-refractivity contribution >= 4 is 19.8 Å². The van der Waals surface area contributed by atoms with Gasteiger partial charge in [0.1, 0.15) is 19.8 Å². The van der Waals surface area contributed by atoms with Gasteiger partial charge >= 0.3 is 11.9 Å². The topological polar surface area (TPSA) is 111 Å². The Balaban J connectivity index is 4.50. The minimum absolute atomic E-state index is 0.0282. The number of rotatable bonds is 38. The minimum atomic E-state index is -4.62. The number of nitrogens with zero attached hydrogens (tertiary/aromatic N) is 1. The molecule has 9 nitrogen and oxygen atoms in total. The zero-order chi connectivity index (χ0) is 38.9. The van der Waals surface area contributed by atoms with E-state index in [1.165, 1.54) is 109 Å². The van der Waals surface area contributed by atoms with Crippen LogP contribution in [0.4, 0.5) is 0 Å². The van der Waals surface area contributed by atoms with Crippen molar-refractivity contribution in [1.29, 1.82) is 0 Å². The monoisotopic (exact) mass is 762 g/mol.